The fourth-order valence-corrected chi connectivity index (χ4v) is 9.92. The van der Waals surface area contributed by atoms with Gasteiger partial charge < -0.3 is 20.3 Å². The van der Waals surface area contributed by atoms with Crippen molar-refractivity contribution in [2.24, 2.45) is 0 Å². The van der Waals surface area contributed by atoms with Crippen molar-refractivity contribution in [2.45, 2.75) is 360 Å². The minimum Gasteiger partial charge on any atom is -0.466 e. The Kier molecular flexibility index (Phi) is 60.0. The largest absolute Gasteiger partial charge is 0.466 e. The van der Waals surface area contributed by atoms with Gasteiger partial charge in [0.25, 0.3) is 0 Å². The molecule has 1 amide bonds. The van der Waals surface area contributed by atoms with E-state index in [0.717, 1.165) is 51.4 Å². The Morgan fingerprint density at radius 2 is 0.653 bits per heavy atom. The van der Waals surface area contributed by atoms with E-state index in [1.54, 1.807) is 6.08 Å². The van der Waals surface area contributed by atoms with Crippen LogP contribution in [0.5, 0.6) is 0 Å². The third kappa shape index (κ3) is 57.4. The first-order valence-corrected chi connectivity index (χ1v) is 32.3. The second-order valence-corrected chi connectivity index (χ2v) is 22.1. The second-order valence-electron chi connectivity index (χ2n) is 22.1. The molecule has 72 heavy (non-hydrogen) atoms. The maximum Gasteiger partial charge on any atom is 0.305 e. The molecule has 424 valence electrons. The van der Waals surface area contributed by atoms with Gasteiger partial charge >= 0.3 is 5.97 Å². The van der Waals surface area contributed by atoms with Gasteiger partial charge in [-0.15, -0.1) is 0 Å². The fourth-order valence-electron chi connectivity index (χ4n) is 9.92. The fraction of sp³-hybridized carbons (Fsp3) is 0.879. The Morgan fingerprint density at radius 3 is 0.986 bits per heavy atom. The molecule has 6 heteroatoms. The molecular formula is C66H125NO5. The minimum atomic E-state index is -0.850. The highest BCUT2D eigenvalue weighted by atomic mass is 16.5. The predicted octanol–water partition coefficient (Wildman–Crippen LogP) is 20.4. The van der Waals surface area contributed by atoms with Crippen LogP contribution in [0.25, 0.3) is 0 Å². The highest BCUT2D eigenvalue weighted by Gasteiger charge is 2.18. The van der Waals surface area contributed by atoms with Crippen LogP contribution < -0.4 is 5.32 Å². The van der Waals surface area contributed by atoms with Gasteiger partial charge in [-0.05, 0) is 83.5 Å². The molecule has 0 saturated heterocycles. The second kappa shape index (κ2) is 61.6. The first-order valence-electron chi connectivity index (χ1n) is 32.3. The maximum absolute atomic E-state index is 12.5. The van der Waals surface area contributed by atoms with Crippen LogP contribution in [-0.4, -0.2) is 47.4 Å². The van der Waals surface area contributed by atoms with E-state index in [1.165, 1.54) is 270 Å². The molecule has 0 aromatic rings. The number of amides is 1. The van der Waals surface area contributed by atoms with Crippen molar-refractivity contribution < 1.29 is 24.5 Å². The third-order valence-corrected chi connectivity index (χ3v) is 14.9. The van der Waals surface area contributed by atoms with E-state index >= 15 is 0 Å². The molecule has 2 unspecified atom stereocenters. The zero-order valence-corrected chi connectivity index (χ0v) is 48.4. The number of aliphatic hydroxyl groups is 2. The summed E-state index contributed by atoms with van der Waals surface area (Å²) >= 11 is 0. The SMILES string of the molecule is CCCCCCCC/C=C\CCCCCCCCCC(=O)OCCCCCCCCCCCC/C=C\CCCCCCCCCC(=O)NC(CO)C(O)/C=C/CCCCCCCCCCCCCCCCC. The molecule has 6 nitrogen and oxygen atoms in total. The molecule has 0 aromatic carbocycles. The van der Waals surface area contributed by atoms with Crippen molar-refractivity contribution in [1.82, 2.24) is 5.32 Å². The van der Waals surface area contributed by atoms with E-state index in [-0.39, 0.29) is 18.5 Å². The number of aliphatic hydroxyl groups excluding tert-OH is 2. The average molecular weight is 1010 g/mol. The summed E-state index contributed by atoms with van der Waals surface area (Å²) in [5.74, 6) is -0.0695. The zero-order valence-electron chi connectivity index (χ0n) is 48.4. The molecule has 0 fully saturated rings. The molecule has 0 aromatic heterocycles. The van der Waals surface area contributed by atoms with Crippen molar-refractivity contribution in [3.05, 3.63) is 36.5 Å². The Bertz CT molecular complexity index is 1170. The molecule has 0 radical (unpaired) electrons. The lowest BCUT2D eigenvalue weighted by Gasteiger charge is -2.20. The van der Waals surface area contributed by atoms with Crippen LogP contribution in [0.15, 0.2) is 36.5 Å². The van der Waals surface area contributed by atoms with E-state index in [0.29, 0.717) is 19.4 Å². The number of unbranched alkanes of at least 4 members (excludes halogenated alkanes) is 45. The van der Waals surface area contributed by atoms with Crippen LogP contribution in [-0.2, 0) is 14.3 Å². The van der Waals surface area contributed by atoms with Gasteiger partial charge in [-0.1, -0.05) is 288 Å². The normalized spacial score (nSPS) is 12.8. The van der Waals surface area contributed by atoms with E-state index in [9.17, 15) is 19.8 Å². The summed E-state index contributed by atoms with van der Waals surface area (Å²) in [5.41, 5.74) is 0. The monoisotopic (exact) mass is 1010 g/mol. The van der Waals surface area contributed by atoms with Gasteiger partial charge in [-0.3, -0.25) is 9.59 Å². The number of hydrogen-bond donors (Lipinski definition) is 3. The van der Waals surface area contributed by atoms with Gasteiger partial charge in [0.15, 0.2) is 0 Å². The quantitative estimate of drug-likeness (QED) is 0.0320. The van der Waals surface area contributed by atoms with E-state index < -0.39 is 12.1 Å². The number of nitrogens with one attached hydrogen (secondary N) is 1. The van der Waals surface area contributed by atoms with Crippen LogP contribution in [0, 0.1) is 0 Å². The summed E-state index contributed by atoms with van der Waals surface area (Å²) in [6.07, 6.45) is 77.6. The molecule has 0 heterocycles. The van der Waals surface area contributed by atoms with Crippen molar-refractivity contribution in [2.75, 3.05) is 13.2 Å². The van der Waals surface area contributed by atoms with E-state index in [2.05, 4.69) is 43.5 Å². The highest BCUT2D eigenvalue weighted by molar-refractivity contribution is 5.76. The zero-order chi connectivity index (χ0) is 52.2. The van der Waals surface area contributed by atoms with E-state index in [1.807, 2.05) is 6.08 Å². The van der Waals surface area contributed by atoms with Crippen molar-refractivity contribution in [1.29, 1.82) is 0 Å². The van der Waals surface area contributed by atoms with Crippen molar-refractivity contribution >= 4 is 11.9 Å². The molecule has 0 saturated carbocycles. The Balaban J connectivity index is 3.44. The highest BCUT2D eigenvalue weighted by Crippen LogP contribution is 2.17. The molecule has 0 rings (SSSR count). The molecular weight excluding hydrogens is 887 g/mol. The Labute approximate surface area is 449 Å². The summed E-state index contributed by atoms with van der Waals surface area (Å²) in [5, 5.41) is 23.2. The van der Waals surface area contributed by atoms with Gasteiger partial charge in [0.2, 0.25) is 5.91 Å². The molecule has 0 aliphatic carbocycles. The third-order valence-electron chi connectivity index (χ3n) is 14.9. The first-order chi connectivity index (χ1) is 35.5. The van der Waals surface area contributed by atoms with Crippen molar-refractivity contribution in [3.63, 3.8) is 0 Å². The van der Waals surface area contributed by atoms with Crippen LogP contribution in [0.3, 0.4) is 0 Å². The van der Waals surface area contributed by atoms with Gasteiger partial charge in [0, 0.05) is 12.8 Å². The van der Waals surface area contributed by atoms with Gasteiger partial charge in [-0.2, -0.15) is 0 Å². The number of rotatable bonds is 60. The number of allylic oxidation sites excluding steroid dienone is 5. The molecule has 2 atom stereocenters. The van der Waals surface area contributed by atoms with Crippen LogP contribution in [0.2, 0.25) is 0 Å². The van der Waals surface area contributed by atoms with Crippen LogP contribution >= 0.6 is 0 Å². The topological polar surface area (TPSA) is 95.9 Å². The lowest BCUT2D eigenvalue weighted by atomic mass is 10.0. The summed E-state index contributed by atoms with van der Waals surface area (Å²) < 4.78 is 5.49. The smallest absolute Gasteiger partial charge is 0.305 e. The lowest BCUT2D eigenvalue weighted by molar-refractivity contribution is -0.143. The summed E-state index contributed by atoms with van der Waals surface area (Å²) in [6.45, 7) is 4.91. The van der Waals surface area contributed by atoms with Crippen LogP contribution in [0.1, 0.15) is 348 Å². The standard InChI is InChI=1S/C66H125NO5/c1-3-5-7-9-11-13-15-17-19-26-30-34-38-42-46-50-54-58-64(69)63(62-68)67-65(70)59-55-51-47-43-39-35-31-28-24-22-21-23-25-29-33-37-41-45-49-53-57-61-72-66(71)60-56-52-48-44-40-36-32-27-20-18-16-14-12-10-8-6-4-2/h18,20,22,24,54,58,63-64,68-69H,3-17,19,21,23,25-53,55-57,59-62H2,1-2H3,(H,67,70)/b20-18-,24-22-,58-54+. The number of esters is 1. The summed E-state index contributed by atoms with van der Waals surface area (Å²) in [6, 6.07) is -0.634. The average Bonchev–Trinajstić information content (AvgIpc) is 3.38. The molecule has 3 N–H and O–H groups in total. The van der Waals surface area contributed by atoms with Gasteiger partial charge in [-0.25, -0.2) is 0 Å². The molecule has 0 aliphatic rings. The molecule has 0 bridgehead atoms. The van der Waals surface area contributed by atoms with E-state index in [4.69, 9.17) is 4.74 Å². The Hall–Kier alpha value is -1.92. The number of carbonyl (C=O) groups excluding carboxylic acids is 2. The lowest BCUT2D eigenvalue weighted by Crippen LogP contribution is -2.45. The molecule has 0 spiro atoms. The predicted molar refractivity (Wildman–Crippen MR) is 315 cm³/mol. The van der Waals surface area contributed by atoms with Gasteiger partial charge in [0.1, 0.15) is 0 Å². The number of ether oxygens (including phenoxy) is 1. The Morgan fingerprint density at radius 1 is 0.375 bits per heavy atom. The van der Waals surface area contributed by atoms with Crippen molar-refractivity contribution in [3.8, 4) is 0 Å². The van der Waals surface area contributed by atoms with Crippen LogP contribution in [0.4, 0.5) is 0 Å². The first kappa shape index (κ1) is 70.1. The minimum absolute atomic E-state index is 0.00447. The summed E-state index contributed by atoms with van der Waals surface area (Å²) in [7, 11) is 0. The summed E-state index contributed by atoms with van der Waals surface area (Å²) in [4.78, 5) is 24.6. The number of carbonyl (C=O) groups is 2. The van der Waals surface area contributed by atoms with Gasteiger partial charge in [0.05, 0.1) is 25.4 Å². The maximum atomic E-state index is 12.5. The molecule has 0 aliphatic heterocycles. The number of hydrogen-bond acceptors (Lipinski definition) is 5.